The zero-order valence-corrected chi connectivity index (χ0v) is 8.83. The van der Waals surface area contributed by atoms with E-state index in [-0.39, 0.29) is 12.6 Å². The van der Waals surface area contributed by atoms with Gasteiger partial charge in [0.1, 0.15) is 12.2 Å². The second-order valence-corrected chi connectivity index (χ2v) is 3.78. The molecule has 3 atom stereocenters. The minimum Gasteiger partial charge on any atom is -0.390 e. The average Bonchev–Trinajstić information content (AvgIpc) is 2.50. The van der Waals surface area contributed by atoms with Gasteiger partial charge in [0.15, 0.2) is 5.79 Å². The molecule has 1 aliphatic rings. The molecule has 0 spiro atoms. The second-order valence-electron chi connectivity index (χ2n) is 3.78. The van der Waals surface area contributed by atoms with Crippen LogP contribution in [-0.4, -0.2) is 35.8 Å². The average molecular weight is 213 g/mol. The van der Waals surface area contributed by atoms with Crippen molar-refractivity contribution in [3.63, 3.8) is 0 Å². The van der Waals surface area contributed by atoms with Gasteiger partial charge in [0.2, 0.25) is 0 Å². The zero-order valence-electron chi connectivity index (χ0n) is 8.83. The van der Waals surface area contributed by atoms with Gasteiger partial charge < -0.3 is 14.6 Å². The molecule has 0 amide bonds. The lowest BCUT2D eigenvalue weighted by Gasteiger charge is -2.19. The molecule has 0 aromatic heterocycles. The maximum absolute atomic E-state index is 9.70. The summed E-state index contributed by atoms with van der Waals surface area (Å²) in [6.07, 6.45) is -0.240. The number of azide groups is 1. The fraction of sp³-hybridized carbons (Fsp3) is 0.778. The van der Waals surface area contributed by atoms with Crippen molar-refractivity contribution >= 4 is 0 Å². The van der Waals surface area contributed by atoms with Gasteiger partial charge >= 0.3 is 0 Å². The van der Waals surface area contributed by atoms with Crippen LogP contribution in [-0.2, 0) is 9.47 Å². The molecule has 1 N–H and O–H groups in total. The molecular formula is C9H15N3O3. The number of hydrogen-bond donors (Lipinski definition) is 1. The first kappa shape index (κ1) is 12.0. The first-order chi connectivity index (χ1) is 7.00. The molecule has 0 aromatic carbocycles. The first-order valence-electron chi connectivity index (χ1n) is 4.67. The van der Waals surface area contributed by atoms with Crippen molar-refractivity contribution in [2.75, 3.05) is 6.54 Å². The van der Waals surface area contributed by atoms with Crippen molar-refractivity contribution in [1.82, 2.24) is 0 Å². The van der Waals surface area contributed by atoms with E-state index in [9.17, 15) is 5.11 Å². The molecule has 0 bridgehead atoms. The summed E-state index contributed by atoms with van der Waals surface area (Å²) in [6, 6.07) is 0. The van der Waals surface area contributed by atoms with Gasteiger partial charge in [-0.05, 0) is 19.4 Å². The van der Waals surface area contributed by atoms with E-state index in [1.165, 1.54) is 0 Å². The highest BCUT2D eigenvalue weighted by atomic mass is 16.8. The molecule has 0 saturated carbocycles. The maximum atomic E-state index is 9.70. The van der Waals surface area contributed by atoms with Crippen molar-refractivity contribution in [3.05, 3.63) is 23.1 Å². The smallest absolute Gasteiger partial charge is 0.164 e. The Bertz CT molecular complexity index is 286. The van der Waals surface area contributed by atoms with Crippen LogP contribution < -0.4 is 0 Å². The van der Waals surface area contributed by atoms with Crippen LogP contribution in [0.1, 0.15) is 13.8 Å². The van der Waals surface area contributed by atoms with Crippen molar-refractivity contribution in [3.8, 4) is 0 Å². The summed E-state index contributed by atoms with van der Waals surface area (Å²) in [5.41, 5.74) is 8.14. The highest BCUT2D eigenvalue weighted by molar-refractivity contribution is 4.96. The number of nitrogens with zero attached hydrogens (tertiary/aromatic N) is 3. The van der Waals surface area contributed by atoms with Crippen LogP contribution in [0.4, 0.5) is 0 Å². The van der Waals surface area contributed by atoms with Gasteiger partial charge in [-0.25, -0.2) is 0 Å². The van der Waals surface area contributed by atoms with Gasteiger partial charge in [-0.3, -0.25) is 0 Å². The normalized spacial score (nSPS) is 30.6. The summed E-state index contributed by atoms with van der Waals surface area (Å²) in [5.74, 6) is -0.749. The van der Waals surface area contributed by atoms with Crippen LogP contribution in [0.3, 0.4) is 0 Å². The Morgan fingerprint density at radius 2 is 2.33 bits per heavy atom. The van der Waals surface area contributed by atoms with Crippen molar-refractivity contribution in [1.29, 1.82) is 0 Å². The van der Waals surface area contributed by atoms with Crippen LogP contribution in [0.5, 0.6) is 0 Å². The van der Waals surface area contributed by atoms with E-state index in [2.05, 4.69) is 16.6 Å². The summed E-state index contributed by atoms with van der Waals surface area (Å²) >= 11 is 0. The molecule has 84 valence electrons. The number of aliphatic hydroxyl groups is 1. The lowest BCUT2D eigenvalue weighted by molar-refractivity contribution is -0.152. The molecule has 6 nitrogen and oxygen atoms in total. The third-order valence-electron chi connectivity index (χ3n) is 2.11. The quantitative estimate of drug-likeness (QED) is 0.331. The van der Waals surface area contributed by atoms with Gasteiger partial charge in [-0.15, -0.1) is 6.58 Å². The molecule has 1 saturated heterocycles. The van der Waals surface area contributed by atoms with Crippen molar-refractivity contribution < 1.29 is 14.6 Å². The van der Waals surface area contributed by atoms with Crippen LogP contribution in [0.25, 0.3) is 10.4 Å². The Hall–Kier alpha value is -1.07. The lowest BCUT2D eigenvalue weighted by atomic mass is 10.1. The summed E-state index contributed by atoms with van der Waals surface area (Å²) in [4.78, 5) is 2.58. The van der Waals surface area contributed by atoms with Gasteiger partial charge in [-0.2, -0.15) is 0 Å². The standard InChI is InChI=1S/C9H15N3O3/c1-4-7-8(6(13)5-11-12-10)15-9(2,3)14-7/h4,6-8,13H,1,5H2,2-3H3/t6-,7-,8+/m1/s1. The zero-order chi connectivity index (χ0) is 11.5. The van der Waals surface area contributed by atoms with Gasteiger partial charge in [0.05, 0.1) is 12.6 Å². The van der Waals surface area contributed by atoms with Crippen LogP contribution in [0.15, 0.2) is 17.8 Å². The molecule has 0 radical (unpaired) electrons. The summed E-state index contributed by atoms with van der Waals surface area (Å²) < 4.78 is 11.0. The minimum atomic E-state index is -0.884. The summed E-state index contributed by atoms with van der Waals surface area (Å²) in [7, 11) is 0. The Morgan fingerprint density at radius 1 is 1.67 bits per heavy atom. The van der Waals surface area contributed by atoms with E-state index in [0.29, 0.717) is 0 Å². The van der Waals surface area contributed by atoms with Crippen LogP contribution >= 0.6 is 0 Å². The van der Waals surface area contributed by atoms with Gasteiger partial charge in [-0.1, -0.05) is 11.2 Å². The Kier molecular flexibility index (Phi) is 3.71. The number of aliphatic hydroxyl groups excluding tert-OH is 1. The van der Waals surface area contributed by atoms with Crippen LogP contribution in [0.2, 0.25) is 0 Å². The van der Waals surface area contributed by atoms with E-state index in [1.54, 1.807) is 19.9 Å². The van der Waals surface area contributed by atoms with Crippen molar-refractivity contribution in [2.45, 2.75) is 37.9 Å². The molecule has 1 heterocycles. The number of rotatable bonds is 4. The monoisotopic (exact) mass is 213 g/mol. The van der Waals surface area contributed by atoms with E-state index in [4.69, 9.17) is 15.0 Å². The van der Waals surface area contributed by atoms with E-state index >= 15 is 0 Å². The van der Waals surface area contributed by atoms with Crippen LogP contribution in [0, 0.1) is 0 Å². The Balaban J connectivity index is 2.67. The Labute approximate surface area is 88.1 Å². The van der Waals surface area contributed by atoms with Gasteiger partial charge in [0, 0.05) is 4.91 Å². The molecule has 0 aromatic rings. The predicted molar refractivity (Wildman–Crippen MR) is 54.0 cm³/mol. The minimum absolute atomic E-state index is 0.0368. The van der Waals surface area contributed by atoms with Gasteiger partial charge in [0.25, 0.3) is 0 Å². The fourth-order valence-electron chi connectivity index (χ4n) is 1.52. The lowest BCUT2D eigenvalue weighted by Crippen LogP contribution is -2.36. The molecule has 1 aliphatic heterocycles. The number of ether oxygens (including phenoxy) is 2. The molecule has 1 fully saturated rings. The highest BCUT2D eigenvalue weighted by Gasteiger charge is 2.42. The molecule has 1 rings (SSSR count). The summed E-state index contributed by atoms with van der Waals surface area (Å²) in [5, 5.41) is 13.0. The third kappa shape index (κ3) is 2.94. The largest absolute Gasteiger partial charge is 0.390 e. The molecule has 15 heavy (non-hydrogen) atoms. The van der Waals surface area contributed by atoms with E-state index in [0.717, 1.165) is 0 Å². The summed E-state index contributed by atoms with van der Waals surface area (Å²) in [6.45, 7) is 7.07. The topological polar surface area (TPSA) is 87.5 Å². The van der Waals surface area contributed by atoms with E-state index in [1.807, 2.05) is 0 Å². The second kappa shape index (κ2) is 4.63. The molecule has 0 unspecified atom stereocenters. The highest BCUT2D eigenvalue weighted by Crippen LogP contribution is 2.30. The Morgan fingerprint density at radius 3 is 2.87 bits per heavy atom. The molecular weight excluding hydrogens is 198 g/mol. The maximum Gasteiger partial charge on any atom is 0.164 e. The molecule has 0 aliphatic carbocycles. The third-order valence-corrected chi connectivity index (χ3v) is 2.11. The first-order valence-corrected chi connectivity index (χ1v) is 4.67. The SMILES string of the molecule is C=C[C@H]1OC(C)(C)O[C@H]1[C@H](O)CN=[N+]=[N-]. The van der Waals surface area contributed by atoms with Crippen molar-refractivity contribution in [2.24, 2.45) is 5.11 Å². The molecule has 6 heteroatoms. The fourth-order valence-corrected chi connectivity index (χ4v) is 1.52. The predicted octanol–water partition coefficient (Wildman–Crippen LogP) is 1.36. The van der Waals surface area contributed by atoms with E-state index < -0.39 is 18.0 Å². The number of hydrogen-bond acceptors (Lipinski definition) is 4.